The number of halogens is 1. The van der Waals surface area contributed by atoms with Crippen molar-refractivity contribution in [3.05, 3.63) is 47.8 Å². The van der Waals surface area contributed by atoms with Crippen LogP contribution in [0.3, 0.4) is 0 Å². The van der Waals surface area contributed by atoms with Gasteiger partial charge in [-0.3, -0.25) is 9.67 Å². The van der Waals surface area contributed by atoms with Gasteiger partial charge in [0, 0.05) is 24.5 Å². The largest absolute Gasteiger partial charge is 0.305 e. The summed E-state index contributed by atoms with van der Waals surface area (Å²) in [6.45, 7) is 5.70. The SMILES string of the molecule is CCCNC(c1cnn(CC)c1)c1ncccc1F. The summed E-state index contributed by atoms with van der Waals surface area (Å²) in [5, 5.41) is 7.57. The molecule has 0 radical (unpaired) electrons. The molecular weight excluding hydrogens is 243 g/mol. The van der Waals surface area contributed by atoms with Gasteiger partial charge in [-0.05, 0) is 32.0 Å². The summed E-state index contributed by atoms with van der Waals surface area (Å²) in [5.41, 5.74) is 1.36. The minimum Gasteiger partial charge on any atom is -0.305 e. The average Bonchev–Trinajstić information content (AvgIpc) is 2.90. The topological polar surface area (TPSA) is 42.7 Å². The highest BCUT2D eigenvalue weighted by molar-refractivity contribution is 5.24. The lowest BCUT2D eigenvalue weighted by molar-refractivity contribution is 0.531. The number of nitrogens with zero attached hydrogens (tertiary/aromatic N) is 3. The quantitative estimate of drug-likeness (QED) is 0.870. The van der Waals surface area contributed by atoms with E-state index in [0.29, 0.717) is 5.69 Å². The van der Waals surface area contributed by atoms with E-state index in [0.717, 1.165) is 25.1 Å². The van der Waals surface area contributed by atoms with E-state index in [1.54, 1.807) is 18.5 Å². The summed E-state index contributed by atoms with van der Waals surface area (Å²) in [6, 6.07) is 2.79. The smallest absolute Gasteiger partial charge is 0.146 e. The second-order valence-electron chi connectivity index (χ2n) is 4.39. The van der Waals surface area contributed by atoms with Crippen molar-refractivity contribution in [3.8, 4) is 0 Å². The van der Waals surface area contributed by atoms with Gasteiger partial charge in [0.1, 0.15) is 5.82 Å². The maximum atomic E-state index is 13.9. The highest BCUT2D eigenvalue weighted by Gasteiger charge is 2.19. The molecule has 5 heteroatoms. The molecule has 0 amide bonds. The molecule has 0 aliphatic carbocycles. The molecule has 2 aromatic rings. The van der Waals surface area contributed by atoms with Gasteiger partial charge in [-0.25, -0.2) is 4.39 Å². The van der Waals surface area contributed by atoms with Crippen molar-refractivity contribution in [1.82, 2.24) is 20.1 Å². The van der Waals surface area contributed by atoms with Gasteiger partial charge in [0.05, 0.1) is 17.9 Å². The van der Waals surface area contributed by atoms with Crippen LogP contribution in [0, 0.1) is 5.82 Å². The molecule has 2 rings (SSSR count). The van der Waals surface area contributed by atoms with Crippen molar-refractivity contribution >= 4 is 0 Å². The number of pyridine rings is 1. The van der Waals surface area contributed by atoms with E-state index in [9.17, 15) is 4.39 Å². The molecule has 1 atom stereocenters. The molecule has 0 spiro atoms. The predicted octanol–water partition coefficient (Wildman–Crippen LogP) is 2.53. The standard InChI is InChI=1S/C14H19FN4/c1-3-7-16-13(11-9-18-19(4-2)10-11)14-12(15)6-5-8-17-14/h5-6,8-10,13,16H,3-4,7H2,1-2H3. The monoisotopic (exact) mass is 262 g/mol. The number of aryl methyl sites for hydroxylation is 1. The summed E-state index contributed by atoms with van der Waals surface area (Å²) in [6.07, 6.45) is 6.29. The van der Waals surface area contributed by atoms with Crippen LogP contribution in [-0.4, -0.2) is 21.3 Å². The summed E-state index contributed by atoms with van der Waals surface area (Å²) in [7, 11) is 0. The Labute approximate surface area is 112 Å². The molecule has 0 aromatic carbocycles. The number of hydrogen-bond acceptors (Lipinski definition) is 3. The Morgan fingerprint density at radius 2 is 2.26 bits per heavy atom. The first-order chi connectivity index (χ1) is 9.26. The molecule has 0 bridgehead atoms. The maximum absolute atomic E-state index is 13.9. The van der Waals surface area contributed by atoms with Crippen LogP contribution in [0.5, 0.6) is 0 Å². The van der Waals surface area contributed by atoms with Gasteiger partial charge in [-0.15, -0.1) is 0 Å². The Hall–Kier alpha value is -1.75. The number of aromatic nitrogens is 3. The molecule has 0 saturated carbocycles. The van der Waals surface area contributed by atoms with E-state index < -0.39 is 0 Å². The second-order valence-corrected chi connectivity index (χ2v) is 4.39. The van der Waals surface area contributed by atoms with Crippen LogP contribution >= 0.6 is 0 Å². The van der Waals surface area contributed by atoms with Gasteiger partial charge in [-0.1, -0.05) is 6.92 Å². The highest BCUT2D eigenvalue weighted by Crippen LogP contribution is 2.22. The molecule has 0 fully saturated rings. The van der Waals surface area contributed by atoms with E-state index in [2.05, 4.69) is 22.3 Å². The summed E-state index contributed by atoms with van der Waals surface area (Å²) < 4.78 is 15.7. The van der Waals surface area contributed by atoms with E-state index >= 15 is 0 Å². The fraction of sp³-hybridized carbons (Fsp3) is 0.429. The van der Waals surface area contributed by atoms with Crippen LogP contribution in [0.2, 0.25) is 0 Å². The lowest BCUT2D eigenvalue weighted by Gasteiger charge is -2.17. The van der Waals surface area contributed by atoms with Crippen molar-refractivity contribution in [2.45, 2.75) is 32.9 Å². The first kappa shape index (κ1) is 13.7. The van der Waals surface area contributed by atoms with Crippen LogP contribution in [0.1, 0.15) is 37.6 Å². The molecule has 19 heavy (non-hydrogen) atoms. The van der Waals surface area contributed by atoms with Crippen LogP contribution in [-0.2, 0) is 6.54 Å². The third-order valence-electron chi connectivity index (χ3n) is 2.97. The summed E-state index contributed by atoms with van der Waals surface area (Å²) in [4.78, 5) is 4.17. The van der Waals surface area contributed by atoms with Gasteiger partial charge in [-0.2, -0.15) is 5.10 Å². The number of hydrogen-bond donors (Lipinski definition) is 1. The minimum atomic E-state index is -0.291. The Morgan fingerprint density at radius 3 is 2.89 bits per heavy atom. The van der Waals surface area contributed by atoms with Crippen molar-refractivity contribution in [2.75, 3.05) is 6.54 Å². The van der Waals surface area contributed by atoms with Gasteiger partial charge < -0.3 is 5.32 Å². The van der Waals surface area contributed by atoms with E-state index in [4.69, 9.17) is 0 Å². The van der Waals surface area contributed by atoms with Crippen LogP contribution in [0.15, 0.2) is 30.7 Å². The number of rotatable bonds is 6. The minimum absolute atomic E-state index is 0.249. The Morgan fingerprint density at radius 1 is 1.42 bits per heavy atom. The van der Waals surface area contributed by atoms with Gasteiger partial charge >= 0.3 is 0 Å². The van der Waals surface area contributed by atoms with Crippen molar-refractivity contribution in [3.63, 3.8) is 0 Å². The molecular formula is C14H19FN4. The number of nitrogens with one attached hydrogen (secondary N) is 1. The molecule has 2 aromatic heterocycles. The lowest BCUT2D eigenvalue weighted by atomic mass is 10.1. The van der Waals surface area contributed by atoms with Crippen LogP contribution in [0.25, 0.3) is 0 Å². The Bertz CT molecular complexity index is 524. The zero-order chi connectivity index (χ0) is 13.7. The van der Waals surface area contributed by atoms with Gasteiger partial charge in [0.15, 0.2) is 0 Å². The first-order valence-electron chi connectivity index (χ1n) is 6.62. The third kappa shape index (κ3) is 3.17. The fourth-order valence-corrected chi connectivity index (χ4v) is 1.97. The highest BCUT2D eigenvalue weighted by atomic mass is 19.1. The molecule has 2 heterocycles. The third-order valence-corrected chi connectivity index (χ3v) is 2.97. The Kier molecular flexibility index (Phi) is 4.63. The zero-order valence-corrected chi connectivity index (χ0v) is 11.3. The second kappa shape index (κ2) is 6.43. The molecule has 4 nitrogen and oxygen atoms in total. The summed E-state index contributed by atoms with van der Waals surface area (Å²) in [5.74, 6) is -0.291. The van der Waals surface area contributed by atoms with Gasteiger partial charge in [0.25, 0.3) is 0 Å². The molecule has 0 aliphatic rings. The van der Waals surface area contributed by atoms with Gasteiger partial charge in [0.2, 0.25) is 0 Å². The van der Waals surface area contributed by atoms with E-state index in [-0.39, 0.29) is 11.9 Å². The molecule has 0 saturated heterocycles. The Balaban J connectivity index is 2.32. The molecule has 1 N–H and O–H groups in total. The van der Waals surface area contributed by atoms with Crippen molar-refractivity contribution in [1.29, 1.82) is 0 Å². The molecule has 1 unspecified atom stereocenters. The molecule has 0 aliphatic heterocycles. The zero-order valence-electron chi connectivity index (χ0n) is 11.3. The maximum Gasteiger partial charge on any atom is 0.146 e. The van der Waals surface area contributed by atoms with Crippen LogP contribution < -0.4 is 5.32 Å². The first-order valence-corrected chi connectivity index (χ1v) is 6.62. The van der Waals surface area contributed by atoms with E-state index in [1.807, 2.05) is 17.8 Å². The fourth-order valence-electron chi connectivity index (χ4n) is 1.97. The van der Waals surface area contributed by atoms with Crippen LogP contribution in [0.4, 0.5) is 4.39 Å². The molecule has 102 valence electrons. The summed E-state index contributed by atoms with van der Waals surface area (Å²) >= 11 is 0. The van der Waals surface area contributed by atoms with E-state index in [1.165, 1.54) is 6.07 Å². The van der Waals surface area contributed by atoms with Crippen molar-refractivity contribution < 1.29 is 4.39 Å². The van der Waals surface area contributed by atoms with Crippen molar-refractivity contribution in [2.24, 2.45) is 0 Å². The predicted molar refractivity (Wildman–Crippen MR) is 72.2 cm³/mol. The lowest BCUT2D eigenvalue weighted by Crippen LogP contribution is -2.24. The normalized spacial score (nSPS) is 12.6. The average molecular weight is 262 g/mol.